The Morgan fingerprint density at radius 3 is 2.80 bits per heavy atom. The molecule has 1 atom stereocenters. The molecule has 1 fully saturated rings. The van der Waals surface area contributed by atoms with Crippen LogP contribution in [0.25, 0.3) is 0 Å². The van der Waals surface area contributed by atoms with Gasteiger partial charge in [-0.2, -0.15) is 0 Å². The van der Waals surface area contributed by atoms with Gasteiger partial charge in [0, 0.05) is 12.8 Å². The average molecular weight is 277 g/mol. The van der Waals surface area contributed by atoms with Gasteiger partial charge in [-0.25, -0.2) is 0 Å². The van der Waals surface area contributed by atoms with E-state index in [-0.39, 0.29) is 12.0 Å². The van der Waals surface area contributed by atoms with Gasteiger partial charge in [0.1, 0.15) is 12.7 Å². The number of likely N-dealkylation sites (tertiary alicyclic amines) is 1. The van der Waals surface area contributed by atoms with Crippen LogP contribution in [-0.4, -0.2) is 44.8 Å². The highest BCUT2D eigenvalue weighted by Gasteiger charge is 2.23. The zero-order valence-corrected chi connectivity index (χ0v) is 11.6. The Bertz CT molecular complexity index is 472. The van der Waals surface area contributed by atoms with Crippen molar-refractivity contribution in [3.63, 3.8) is 0 Å². The molecule has 2 N–H and O–H groups in total. The maximum atomic E-state index is 11.9. The molecule has 3 rings (SSSR count). The number of hydrogen-bond acceptors (Lipinski definition) is 3. The molecule has 0 spiro atoms. The summed E-state index contributed by atoms with van der Waals surface area (Å²) in [6.07, 6.45) is 2.36. The van der Waals surface area contributed by atoms with E-state index in [0.717, 1.165) is 24.6 Å². The molecular weight excluding hydrogens is 256 g/mol. The fraction of sp³-hybridized carbons (Fsp3) is 0.533. The van der Waals surface area contributed by atoms with Gasteiger partial charge in [0.25, 0.3) is 5.91 Å². The molecule has 1 aromatic rings. The van der Waals surface area contributed by atoms with Gasteiger partial charge in [0.2, 0.25) is 0 Å². The Labute approximate surface area is 118 Å². The van der Waals surface area contributed by atoms with Gasteiger partial charge < -0.3 is 19.7 Å². The lowest BCUT2D eigenvalue weighted by atomic mass is 10.2. The Hall–Kier alpha value is -1.75. The fourth-order valence-corrected chi connectivity index (χ4v) is 2.73. The number of quaternary nitrogens is 1. The first-order valence-electron chi connectivity index (χ1n) is 7.30. The maximum absolute atomic E-state index is 11.9. The van der Waals surface area contributed by atoms with Gasteiger partial charge in [0.15, 0.2) is 18.0 Å². The number of para-hydroxylation sites is 2. The topological polar surface area (TPSA) is 52.0 Å². The van der Waals surface area contributed by atoms with Gasteiger partial charge >= 0.3 is 0 Å². The van der Waals surface area contributed by atoms with Crippen LogP contribution in [-0.2, 0) is 4.79 Å². The van der Waals surface area contributed by atoms with Gasteiger partial charge in [-0.3, -0.25) is 4.79 Å². The van der Waals surface area contributed by atoms with Crippen molar-refractivity contribution in [3.8, 4) is 11.5 Å². The predicted octanol–water partition coefficient (Wildman–Crippen LogP) is -0.379. The summed E-state index contributed by atoms with van der Waals surface area (Å²) in [4.78, 5) is 13.2. The van der Waals surface area contributed by atoms with Crippen LogP contribution in [0.1, 0.15) is 12.8 Å². The SMILES string of the molecule is O=C(C[NH+]1CCCC1)NC[C@@H]1COc2ccccc2O1. The molecule has 5 heteroatoms. The molecule has 2 aliphatic heterocycles. The number of nitrogens with one attached hydrogen (secondary N) is 2. The molecule has 0 bridgehead atoms. The summed E-state index contributed by atoms with van der Waals surface area (Å²) >= 11 is 0. The molecule has 108 valence electrons. The van der Waals surface area contributed by atoms with Crippen LogP contribution in [0.4, 0.5) is 0 Å². The highest BCUT2D eigenvalue weighted by atomic mass is 16.6. The molecule has 5 nitrogen and oxygen atoms in total. The quantitative estimate of drug-likeness (QED) is 0.789. The zero-order chi connectivity index (χ0) is 13.8. The van der Waals surface area contributed by atoms with Crippen LogP contribution in [0.15, 0.2) is 24.3 Å². The first-order valence-corrected chi connectivity index (χ1v) is 7.30. The number of amides is 1. The Kier molecular flexibility index (Phi) is 4.06. The molecule has 0 unspecified atom stereocenters. The van der Waals surface area contributed by atoms with E-state index >= 15 is 0 Å². The number of carbonyl (C=O) groups excluding carboxylic acids is 1. The second-order valence-corrected chi connectivity index (χ2v) is 5.44. The molecule has 0 aliphatic carbocycles. The van der Waals surface area contributed by atoms with Crippen LogP contribution in [0.3, 0.4) is 0 Å². The van der Waals surface area contributed by atoms with Gasteiger partial charge in [-0.05, 0) is 12.1 Å². The van der Waals surface area contributed by atoms with Crippen molar-refractivity contribution in [1.82, 2.24) is 5.32 Å². The van der Waals surface area contributed by atoms with Crippen LogP contribution < -0.4 is 19.7 Å². The third-order valence-electron chi connectivity index (χ3n) is 3.82. The molecule has 0 saturated carbocycles. The van der Waals surface area contributed by atoms with Crippen LogP contribution in [0.2, 0.25) is 0 Å². The molecule has 2 heterocycles. The first-order chi connectivity index (χ1) is 9.81. The minimum atomic E-state index is -0.109. The highest BCUT2D eigenvalue weighted by Crippen LogP contribution is 2.30. The Morgan fingerprint density at radius 1 is 1.25 bits per heavy atom. The van der Waals surface area contributed by atoms with Gasteiger partial charge in [-0.1, -0.05) is 12.1 Å². The second kappa shape index (κ2) is 6.13. The number of carbonyl (C=O) groups is 1. The van der Waals surface area contributed by atoms with Crippen molar-refractivity contribution >= 4 is 5.91 Å². The molecular formula is C15H21N2O3+. The number of benzene rings is 1. The van der Waals surface area contributed by atoms with E-state index < -0.39 is 0 Å². The van der Waals surface area contributed by atoms with E-state index in [1.165, 1.54) is 17.7 Å². The summed E-state index contributed by atoms with van der Waals surface area (Å²) in [5.41, 5.74) is 0. The molecule has 1 aromatic carbocycles. The predicted molar refractivity (Wildman–Crippen MR) is 74.2 cm³/mol. The molecule has 0 aromatic heterocycles. The standard InChI is InChI=1S/C15H20N2O3/c18-15(10-17-7-3-4-8-17)16-9-12-11-19-13-5-1-2-6-14(13)20-12/h1-2,5-6,12H,3-4,7-11H2,(H,16,18)/p+1/t12-/m1/s1. The summed E-state index contributed by atoms with van der Waals surface area (Å²) in [5.74, 6) is 1.63. The molecule has 1 saturated heterocycles. The van der Waals surface area contributed by atoms with Crippen LogP contribution in [0, 0.1) is 0 Å². The lowest BCUT2D eigenvalue weighted by Gasteiger charge is -2.26. The molecule has 1 amide bonds. The highest BCUT2D eigenvalue weighted by molar-refractivity contribution is 5.76. The number of ether oxygens (including phenoxy) is 2. The third kappa shape index (κ3) is 3.22. The van der Waals surface area contributed by atoms with E-state index in [1.807, 2.05) is 24.3 Å². The smallest absolute Gasteiger partial charge is 0.275 e. The number of hydrogen-bond donors (Lipinski definition) is 2. The van der Waals surface area contributed by atoms with E-state index in [4.69, 9.17) is 9.47 Å². The largest absolute Gasteiger partial charge is 0.486 e. The first kappa shape index (κ1) is 13.2. The number of rotatable bonds is 4. The zero-order valence-electron chi connectivity index (χ0n) is 11.6. The van der Waals surface area contributed by atoms with Crippen LogP contribution >= 0.6 is 0 Å². The van der Waals surface area contributed by atoms with Crippen LogP contribution in [0.5, 0.6) is 11.5 Å². The van der Waals surface area contributed by atoms with E-state index in [0.29, 0.717) is 19.7 Å². The summed E-state index contributed by atoms with van der Waals surface area (Å²) in [6, 6.07) is 7.61. The maximum Gasteiger partial charge on any atom is 0.275 e. The molecule has 2 aliphatic rings. The Morgan fingerprint density at radius 2 is 2.00 bits per heavy atom. The summed E-state index contributed by atoms with van der Waals surface area (Å²) in [7, 11) is 0. The van der Waals surface area contributed by atoms with Gasteiger partial charge in [0.05, 0.1) is 19.6 Å². The molecule has 20 heavy (non-hydrogen) atoms. The monoisotopic (exact) mass is 277 g/mol. The fourth-order valence-electron chi connectivity index (χ4n) is 2.73. The summed E-state index contributed by atoms with van der Waals surface area (Å²) < 4.78 is 11.4. The number of fused-ring (bicyclic) bond motifs is 1. The van der Waals surface area contributed by atoms with Crippen molar-refractivity contribution in [3.05, 3.63) is 24.3 Å². The van der Waals surface area contributed by atoms with Crippen molar-refractivity contribution in [1.29, 1.82) is 0 Å². The van der Waals surface area contributed by atoms with Crippen molar-refractivity contribution in [2.45, 2.75) is 18.9 Å². The van der Waals surface area contributed by atoms with Crippen molar-refractivity contribution in [2.75, 3.05) is 32.8 Å². The van der Waals surface area contributed by atoms with E-state index in [2.05, 4.69) is 5.32 Å². The van der Waals surface area contributed by atoms with E-state index in [1.54, 1.807) is 0 Å². The summed E-state index contributed by atoms with van der Waals surface area (Å²) in [6.45, 7) is 3.78. The minimum Gasteiger partial charge on any atom is -0.486 e. The van der Waals surface area contributed by atoms with E-state index in [9.17, 15) is 4.79 Å². The van der Waals surface area contributed by atoms with Gasteiger partial charge in [-0.15, -0.1) is 0 Å². The lowest BCUT2D eigenvalue weighted by Crippen LogP contribution is -3.11. The minimum absolute atomic E-state index is 0.101. The second-order valence-electron chi connectivity index (χ2n) is 5.44. The van der Waals surface area contributed by atoms with Crippen molar-refractivity contribution < 1.29 is 19.2 Å². The Balaban J connectivity index is 1.44. The summed E-state index contributed by atoms with van der Waals surface area (Å²) in [5, 5.41) is 2.95. The third-order valence-corrected chi connectivity index (χ3v) is 3.82. The average Bonchev–Trinajstić information content (AvgIpc) is 2.98. The normalized spacial score (nSPS) is 21.7. The van der Waals surface area contributed by atoms with Crippen molar-refractivity contribution in [2.24, 2.45) is 0 Å². The molecule has 0 radical (unpaired) electrons. The lowest BCUT2D eigenvalue weighted by molar-refractivity contribution is -0.879.